The number of nitrogens with one attached hydrogen (secondary N) is 1. The van der Waals surface area contributed by atoms with Crippen molar-refractivity contribution in [2.45, 2.75) is 71.5 Å². The van der Waals surface area contributed by atoms with Crippen LogP contribution < -0.4 is 5.32 Å². The molecule has 0 spiro atoms. The molecule has 2 nitrogen and oxygen atoms in total. The zero-order valence-corrected chi connectivity index (χ0v) is 13.6. The molecule has 1 heterocycles. The maximum Gasteiger partial charge on any atom is 0.0223 e. The predicted molar refractivity (Wildman–Crippen MR) is 87.0 cm³/mol. The summed E-state index contributed by atoms with van der Waals surface area (Å²) in [5.41, 5.74) is 2.07. The van der Waals surface area contributed by atoms with E-state index >= 15 is 0 Å². The molecular weight excluding hydrogens is 256 g/mol. The first kappa shape index (κ1) is 13.9. The van der Waals surface area contributed by atoms with Crippen LogP contribution in [-0.2, 0) is 13.1 Å². The van der Waals surface area contributed by atoms with Gasteiger partial charge in [0.25, 0.3) is 0 Å². The summed E-state index contributed by atoms with van der Waals surface area (Å²) in [6, 6.07) is 2.94. The molecule has 0 aliphatic heterocycles. The molecule has 21 heavy (non-hydrogen) atoms. The molecule has 4 bridgehead atoms. The lowest BCUT2D eigenvalue weighted by Crippen LogP contribution is -2.54. The molecule has 1 unspecified atom stereocenters. The average Bonchev–Trinajstić information content (AvgIpc) is 2.91. The highest BCUT2D eigenvalue weighted by atomic mass is 15.0. The van der Waals surface area contributed by atoms with Crippen molar-refractivity contribution in [3.63, 3.8) is 0 Å². The highest BCUT2D eigenvalue weighted by molar-refractivity contribution is 5.11. The number of aryl methyl sites for hydroxylation is 1. The van der Waals surface area contributed by atoms with Gasteiger partial charge in [-0.25, -0.2) is 0 Å². The fraction of sp³-hybridized carbons (Fsp3) is 0.789. The minimum atomic E-state index is 0.627. The fourth-order valence-electron chi connectivity index (χ4n) is 5.99. The van der Waals surface area contributed by atoms with Gasteiger partial charge in [0.05, 0.1) is 0 Å². The van der Waals surface area contributed by atoms with Crippen LogP contribution in [0.1, 0.15) is 57.9 Å². The summed E-state index contributed by atoms with van der Waals surface area (Å²) in [6.45, 7) is 6.78. The minimum absolute atomic E-state index is 0.627. The zero-order chi connectivity index (χ0) is 14.4. The zero-order valence-electron chi connectivity index (χ0n) is 13.6. The summed E-state index contributed by atoms with van der Waals surface area (Å²) >= 11 is 0. The highest BCUT2D eigenvalue weighted by Crippen LogP contribution is 2.61. The van der Waals surface area contributed by atoms with Gasteiger partial charge in [0.1, 0.15) is 0 Å². The van der Waals surface area contributed by atoms with Gasteiger partial charge in [-0.15, -0.1) is 0 Å². The van der Waals surface area contributed by atoms with Gasteiger partial charge in [0.15, 0.2) is 0 Å². The van der Waals surface area contributed by atoms with E-state index < -0.39 is 0 Å². The Morgan fingerprint density at radius 2 is 1.81 bits per heavy atom. The van der Waals surface area contributed by atoms with Crippen molar-refractivity contribution < 1.29 is 0 Å². The van der Waals surface area contributed by atoms with Crippen molar-refractivity contribution in [3.8, 4) is 0 Å². The third kappa shape index (κ3) is 2.46. The standard InChI is InChI=1S/C19H30N2/c1-3-21-5-4-15(13-21)12-20-14(2)19-9-16-6-17(10-19)8-18(7-16)11-19/h4-5,13-14,16-18,20H,3,6-12H2,1-2H3. The number of hydrogen-bond acceptors (Lipinski definition) is 1. The van der Waals surface area contributed by atoms with Crippen LogP contribution in [-0.4, -0.2) is 10.6 Å². The van der Waals surface area contributed by atoms with Crippen LogP contribution in [0.5, 0.6) is 0 Å². The van der Waals surface area contributed by atoms with Crippen molar-refractivity contribution in [1.29, 1.82) is 0 Å². The Labute approximate surface area is 129 Å². The summed E-state index contributed by atoms with van der Waals surface area (Å²) in [7, 11) is 0. The number of rotatable bonds is 5. The topological polar surface area (TPSA) is 17.0 Å². The molecule has 4 saturated carbocycles. The van der Waals surface area contributed by atoms with Gasteiger partial charge in [-0.1, -0.05) is 0 Å². The monoisotopic (exact) mass is 286 g/mol. The van der Waals surface area contributed by atoms with Crippen LogP contribution in [0.15, 0.2) is 18.5 Å². The Kier molecular flexibility index (Phi) is 3.40. The molecule has 0 aromatic carbocycles. The van der Waals surface area contributed by atoms with E-state index in [9.17, 15) is 0 Å². The van der Waals surface area contributed by atoms with Crippen LogP contribution in [0.4, 0.5) is 0 Å². The summed E-state index contributed by atoms with van der Waals surface area (Å²) in [6.07, 6.45) is 13.6. The normalized spacial score (nSPS) is 38.9. The predicted octanol–water partition coefficient (Wildman–Crippen LogP) is 4.20. The molecule has 1 N–H and O–H groups in total. The fourth-order valence-corrected chi connectivity index (χ4v) is 5.99. The number of nitrogens with zero attached hydrogens (tertiary/aromatic N) is 1. The second kappa shape index (κ2) is 5.15. The molecule has 116 valence electrons. The van der Waals surface area contributed by atoms with Gasteiger partial charge >= 0.3 is 0 Å². The van der Waals surface area contributed by atoms with E-state index in [2.05, 4.69) is 42.2 Å². The van der Waals surface area contributed by atoms with Crippen molar-refractivity contribution in [1.82, 2.24) is 9.88 Å². The van der Waals surface area contributed by atoms with Crippen LogP contribution >= 0.6 is 0 Å². The van der Waals surface area contributed by atoms with E-state index in [4.69, 9.17) is 0 Å². The van der Waals surface area contributed by atoms with Crippen molar-refractivity contribution >= 4 is 0 Å². The van der Waals surface area contributed by atoms with E-state index in [1.165, 1.54) is 24.8 Å². The Balaban J connectivity index is 1.41. The second-order valence-electron chi connectivity index (χ2n) is 8.23. The molecule has 0 amide bonds. The highest BCUT2D eigenvalue weighted by Gasteiger charge is 2.52. The largest absolute Gasteiger partial charge is 0.354 e. The van der Waals surface area contributed by atoms with E-state index in [1.807, 2.05) is 0 Å². The summed E-state index contributed by atoms with van der Waals surface area (Å²) in [4.78, 5) is 0. The van der Waals surface area contributed by atoms with E-state index in [1.54, 1.807) is 19.3 Å². The van der Waals surface area contributed by atoms with E-state index in [-0.39, 0.29) is 0 Å². The first-order chi connectivity index (χ1) is 10.2. The molecule has 0 radical (unpaired) electrons. The van der Waals surface area contributed by atoms with Crippen molar-refractivity contribution in [3.05, 3.63) is 24.0 Å². The van der Waals surface area contributed by atoms with E-state index in [0.717, 1.165) is 30.8 Å². The van der Waals surface area contributed by atoms with Crippen LogP contribution in [0.2, 0.25) is 0 Å². The van der Waals surface area contributed by atoms with Crippen LogP contribution in [0.25, 0.3) is 0 Å². The maximum atomic E-state index is 3.88. The smallest absolute Gasteiger partial charge is 0.0223 e. The summed E-state index contributed by atoms with van der Waals surface area (Å²) in [5.74, 6) is 3.17. The molecule has 4 aliphatic rings. The molecule has 1 aromatic heterocycles. The van der Waals surface area contributed by atoms with Crippen molar-refractivity contribution in [2.75, 3.05) is 0 Å². The van der Waals surface area contributed by atoms with Crippen LogP contribution in [0, 0.1) is 23.2 Å². The lowest BCUT2D eigenvalue weighted by Gasteiger charge is -2.59. The lowest BCUT2D eigenvalue weighted by atomic mass is 9.48. The van der Waals surface area contributed by atoms with Gasteiger partial charge in [0, 0.05) is 31.5 Å². The van der Waals surface area contributed by atoms with Gasteiger partial charge in [-0.05, 0) is 87.2 Å². The molecular formula is C19H30N2. The molecule has 4 aliphatic carbocycles. The number of aromatic nitrogens is 1. The average molecular weight is 286 g/mol. The van der Waals surface area contributed by atoms with Crippen molar-refractivity contribution in [2.24, 2.45) is 23.2 Å². The molecule has 5 rings (SSSR count). The molecule has 2 heteroatoms. The van der Waals surface area contributed by atoms with Gasteiger partial charge in [0.2, 0.25) is 0 Å². The lowest BCUT2D eigenvalue weighted by molar-refractivity contribution is -0.0706. The molecule has 0 saturated heterocycles. The molecule has 4 fully saturated rings. The van der Waals surface area contributed by atoms with Gasteiger partial charge in [-0.3, -0.25) is 0 Å². The Morgan fingerprint density at radius 3 is 2.33 bits per heavy atom. The SMILES string of the molecule is CCn1ccc(CNC(C)C23CC4CC(CC(C4)C2)C3)c1. The Hall–Kier alpha value is -0.760. The maximum absolute atomic E-state index is 3.88. The molecule has 1 aromatic rings. The quantitative estimate of drug-likeness (QED) is 0.858. The Morgan fingerprint density at radius 1 is 1.19 bits per heavy atom. The second-order valence-corrected chi connectivity index (χ2v) is 8.23. The minimum Gasteiger partial charge on any atom is -0.354 e. The van der Waals surface area contributed by atoms with Gasteiger partial charge < -0.3 is 9.88 Å². The third-order valence-corrected chi connectivity index (χ3v) is 6.79. The summed E-state index contributed by atoms with van der Waals surface area (Å²) in [5, 5.41) is 3.88. The van der Waals surface area contributed by atoms with E-state index in [0.29, 0.717) is 11.5 Å². The third-order valence-electron chi connectivity index (χ3n) is 6.79. The first-order valence-electron chi connectivity index (χ1n) is 9.05. The van der Waals surface area contributed by atoms with Gasteiger partial charge in [-0.2, -0.15) is 0 Å². The molecule has 1 atom stereocenters. The number of hydrogen-bond donors (Lipinski definition) is 1. The summed E-state index contributed by atoms with van der Waals surface area (Å²) < 4.78 is 2.27. The first-order valence-corrected chi connectivity index (χ1v) is 9.05. The van der Waals surface area contributed by atoms with Crippen LogP contribution in [0.3, 0.4) is 0 Å². The Bertz CT molecular complexity index is 466.